The maximum Gasteiger partial charge on any atom is 0.360 e. The number of ether oxygens (including phenoxy) is 1. The molecule has 2 rings (SSSR count). The SMILES string of the molecule is CCOC(=O)c1cn(-c2cccc([N+](=O)[O-])c2)nn1. The third-order valence-corrected chi connectivity index (χ3v) is 2.28. The van der Waals surface area contributed by atoms with Gasteiger partial charge in [0, 0.05) is 12.1 Å². The van der Waals surface area contributed by atoms with Gasteiger partial charge in [-0.15, -0.1) is 5.10 Å². The van der Waals surface area contributed by atoms with Gasteiger partial charge in [-0.25, -0.2) is 9.48 Å². The summed E-state index contributed by atoms with van der Waals surface area (Å²) in [5.74, 6) is -0.584. The summed E-state index contributed by atoms with van der Waals surface area (Å²) in [6.07, 6.45) is 1.36. The van der Waals surface area contributed by atoms with Gasteiger partial charge >= 0.3 is 5.97 Å². The van der Waals surface area contributed by atoms with E-state index in [-0.39, 0.29) is 18.0 Å². The average Bonchev–Trinajstić information content (AvgIpc) is 2.89. The smallest absolute Gasteiger partial charge is 0.360 e. The molecule has 0 aliphatic carbocycles. The number of carbonyl (C=O) groups is 1. The van der Waals surface area contributed by atoms with Gasteiger partial charge in [-0.1, -0.05) is 11.3 Å². The third-order valence-electron chi connectivity index (χ3n) is 2.28. The highest BCUT2D eigenvalue weighted by Crippen LogP contribution is 2.16. The van der Waals surface area contributed by atoms with Crippen molar-refractivity contribution < 1.29 is 14.5 Å². The molecular formula is C11H10N4O4. The van der Waals surface area contributed by atoms with Crippen molar-refractivity contribution in [1.82, 2.24) is 15.0 Å². The van der Waals surface area contributed by atoms with Crippen LogP contribution >= 0.6 is 0 Å². The number of benzene rings is 1. The Hall–Kier alpha value is -2.77. The predicted molar refractivity (Wildman–Crippen MR) is 64.0 cm³/mol. The molecule has 0 N–H and O–H groups in total. The van der Waals surface area contributed by atoms with Crippen molar-refractivity contribution in [3.05, 3.63) is 46.3 Å². The van der Waals surface area contributed by atoms with Crippen molar-refractivity contribution in [1.29, 1.82) is 0 Å². The first-order chi connectivity index (χ1) is 9.11. The van der Waals surface area contributed by atoms with Crippen LogP contribution in [0.2, 0.25) is 0 Å². The van der Waals surface area contributed by atoms with Gasteiger partial charge in [-0.3, -0.25) is 10.1 Å². The van der Waals surface area contributed by atoms with Gasteiger partial charge in [0.1, 0.15) is 0 Å². The van der Waals surface area contributed by atoms with Crippen LogP contribution in [0, 0.1) is 10.1 Å². The van der Waals surface area contributed by atoms with Crippen molar-refractivity contribution in [3.63, 3.8) is 0 Å². The number of nitro benzene ring substituents is 1. The molecule has 1 aromatic carbocycles. The molecular weight excluding hydrogens is 252 g/mol. The average molecular weight is 262 g/mol. The number of rotatable bonds is 4. The normalized spacial score (nSPS) is 10.2. The quantitative estimate of drug-likeness (QED) is 0.468. The number of aromatic nitrogens is 3. The summed E-state index contributed by atoms with van der Waals surface area (Å²) in [6, 6.07) is 5.85. The maximum atomic E-state index is 11.4. The van der Waals surface area contributed by atoms with E-state index in [0.717, 1.165) is 0 Å². The van der Waals surface area contributed by atoms with Crippen molar-refractivity contribution in [2.45, 2.75) is 6.92 Å². The van der Waals surface area contributed by atoms with Gasteiger partial charge in [0.25, 0.3) is 5.69 Å². The molecule has 0 radical (unpaired) electrons. The van der Waals surface area contributed by atoms with E-state index in [1.165, 1.54) is 29.1 Å². The second-order valence-corrected chi connectivity index (χ2v) is 3.55. The Balaban J connectivity index is 2.30. The van der Waals surface area contributed by atoms with Crippen LogP contribution in [-0.4, -0.2) is 32.5 Å². The van der Waals surface area contributed by atoms with E-state index in [1.807, 2.05) is 0 Å². The number of esters is 1. The summed E-state index contributed by atoms with van der Waals surface area (Å²) in [7, 11) is 0. The first-order valence-corrected chi connectivity index (χ1v) is 5.46. The van der Waals surface area contributed by atoms with Crippen LogP contribution < -0.4 is 0 Å². The molecule has 0 aliphatic rings. The Morgan fingerprint density at radius 1 is 1.53 bits per heavy atom. The van der Waals surface area contributed by atoms with Crippen LogP contribution in [0.15, 0.2) is 30.5 Å². The molecule has 0 unspecified atom stereocenters. The lowest BCUT2D eigenvalue weighted by atomic mass is 10.3. The second-order valence-electron chi connectivity index (χ2n) is 3.55. The fraction of sp³-hybridized carbons (Fsp3) is 0.182. The minimum absolute atomic E-state index is 0.0494. The number of nitro groups is 1. The molecule has 19 heavy (non-hydrogen) atoms. The molecule has 0 atom stereocenters. The van der Waals surface area contributed by atoms with Gasteiger partial charge in [0.15, 0.2) is 5.69 Å². The van der Waals surface area contributed by atoms with Crippen LogP contribution in [0.25, 0.3) is 5.69 Å². The van der Waals surface area contributed by atoms with Gasteiger partial charge < -0.3 is 4.74 Å². The first kappa shape index (κ1) is 12.7. The predicted octanol–water partition coefficient (Wildman–Crippen LogP) is 1.35. The Labute approximate surface area is 107 Å². The van der Waals surface area contributed by atoms with Crippen LogP contribution in [0.3, 0.4) is 0 Å². The van der Waals surface area contributed by atoms with E-state index >= 15 is 0 Å². The van der Waals surface area contributed by atoms with Gasteiger partial charge in [-0.2, -0.15) is 0 Å². The van der Waals surface area contributed by atoms with Crippen molar-refractivity contribution in [2.75, 3.05) is 6.61 Å². The lowest BCUT2D eigenvalue weighted by molar-refractivity contribution is -0.384. The molecule has 1 heterocycles. The first-order valence-electron chi connectivity index (χ1n) is 5.46. The number of hydrogen-bond acceptors (Lipinski definition) is 6. The van der Waals surface area contributed by atoms with E-state index in [4.69, 9.17) is 4.74 Å². The number of nitrogens with zero attached hydrogens (tertiary/aromatic N) is 4. The highest BCUT2D eigenvalue weighted by atomic mass is 16.6. The Morgan fingerprint density at radius 3 is 3.00 bits per heavy atom. The van der Waals surface area contributed by atoms with Crippen LogP contribution in [-0.2, 0) is 4.74 Å². The van der Waals surface area contributed by atoms with Crippen molar-refractivity contribution in [3.8, 4) is 5.69 Å². The molecule has 0 spiro atoms. The van der Waals surface area contributed by atoms with E-state index in [1.54, 1.807) is 13.0 Å². The maximum absolute atomic E-state index is 11.4. The molecule has 2 aromatic rings. The summed E-state index contributed by atoms with van der Waals surface area (Å²) in [4.78, 5) is 21.6. The van der Waals surface area contributed by atoms with Gasteiger partial charge in [-0.05, 0) is 13.0 Å². The minimum Gasteiger partial charge on any atom is -0.461 e. The van der Waals surface area contributed by atoms with Crippen LogP contribution in [0.4, 0.5) is 5.69 Å². The van der Waals surface area contributed by atoms with E-state index in [9.17, 15) is 14.9 Å². The molecule has 0 saturated heterocycles. The molecule has 1 aromatic heterocycles. The number of carbonyl (C=O) groups excluding carboxylic acids is 1. The Bertz CT molecular complexity index is 623. The van der Waals surface area contributed by atoms with Gasteiger partial charge in [0.05, 0.1) is 23.4 Å². The molecule has 0 saturated carbocycles. The standard InChI is InChI=1S/C11H10N4O4/c1-2-19-11(16)10-7-14(13-12-10)8-4-3-5-9(6-8)15(17)18/h3-7H,2H2,1H3. The lowest BCUT2D eigenvalue weighted by Crippen LogP contribution is -2.04. The van der Waals surface area contributed by atoms with Gasteiger partial charge in [0.2, 0.25) is 0 Å². The largest absolute Gasteiger partial charge is 0.461 e. The summed E-state index contributed by atoms with van der Waals surface area (Å²) in [5, 5.41) is 18.1. The summed E-state index contributed by atoms with van der Waals surface area (Å²) in [5.41, 5.74) is 0.427. The lowest BCUT2D eigenvalue weighted by Gasteiger charge is -1.99. The molecule has 0 amide bonds. The minimum atomic E-state index is -0.584. The Morgan fingerprint density at radius 2 is 2.32 bits per heavy atom. The monoisotopic (exact) mass is 262 g/mol. The fourth-order valence-electron chi connectivity index (χ4n) is 1.44. The molecule has 8 heteroatoms. The molecule has 98 valence electrons. The summed E-state index contributed by atoms with van der Waals surface area (Å²) in [6.45, 7) is 1.92. The second kappa shape index (κ2) is 5.25. The topological polar surface area (TPSA) is 100 Å². The number of hydrogen-bond donors (Lipinski definition) is 0. The highest BCUT2D eigenvalue weighted by molar-refractivity contribution is 5.86. The van der Waals surface area contributed by atoms with E-state index in [0.29, 0.717) is 5.69 Å². The third kappa shape index (κ3) is 2.73. The number of non-ortho nitro benzene ring substituents is 1. The van der Waals surface area contributed by atoms with E-state index < -0.39 is 10.9 Å². The van der Waals surface area contributed by atoms with Crippen molar-refractivity contribution in [2.24, 2.45) is 0 Å². The summed E-state index contributed by atoms with van der Waals surface area (Å²) >= 11 is 0. The zero-order valence-electron chi connectivity index (χ0n) is 10.0. The highest BCUT2D eigenvalue weighted by Gasteiger charge is 2.13. The summed E-state index contributed by atoms with van der Waals surface area (Å²) < 4.78 is 6.05. The van der Waals surface area contributed by atoms with Crippen LogP contribution in [0.1, 0.15) is 17.4 Å². The zero-order valence-corrected chi connectivity index (χ0v) is 10.0. The van der Waals surface area contributed by atoms with Crippen LogP contribution in [0.5, 0.6) is 0 Å². The fourth-order valence-corrected chi connectivity index (χ4v) is 1.44. The Kier molecular flexibility index (Phi) is 3.51. The molecule has 0 aliphatic heterocycles. The molecule has 8 nitrogen and oxygen atoms in total. The molecule has 0 fully saturated rings. The molecule has 0 bridgehead atoms. The van der Waals surface area contributed by atoms with E-state index in [2.05, 4.69) is 10.3 Å². The zero-order chi connectivity index (χ0) is 13.8. The van der Waals surface area contributed by atoms with Crippen molar-refractivity contribution >= 4 is 11.7 Å².